The van der Waals surface area contributed by atoms with Crippen LogP contribution in [0.4, 0.5) is 0 Å². The zero-order valence-corrected chi connectivity index (χ0v) is 13.1. The summed E-state index contributed by atoms with van der Waals surface area (Å²) in [5.74, 6) is 1.09. The van der Waals surface area contributed by atoms with Crippen LogP contribution in [0.15, 0.2) is 35.3 Å². The molecule has 1 saturated heterocycles. The lowest BCUT2D eigenvalue weighted by molar-refractivity contribution is 0.309. The minimum atomic E-state index is 0.608. The number of rotatable bonds is 3. The topological polar surface area (TPSA) is 27.6 Å². The molecular weight excluding hydrogens is 258 g/mol. The van der Waals surface area contributed by atoms with Crippen molar-refractivity contribution in [3.05, 3.63) is 35.9 Å². The molecular formula is C18H27N3. The molecule has 3 heteroatoms. The van der Waals surface area contributed by atoms with E-state index in [1.807, 2.05) is 7.05 Å². The van der Waals surface area contributed by atoms with Gasteiger partial charge in [0.15, 0.2) is 5.96 Å². The Labute approximate surface area is 128 Å². The van der Waals surface area contributed by atoms with Crippen molar-refractivity contribution in [3.63, 3.8) is 0 Å². The molecule has 1 spiro atoms. The summed E-state index contributed by atoms with van der Waals surface area (Å²) in [6.07, 6.45) is 8.10. The quantitative estimate of drug-likeness (QED) is 0.683. The number of nitrogens with zero attached hydrogens (tertiary/aromatic N) is 2. The molecule has 3 nitrogen and oxygen atoms in total. The van der Waals surface area contributed by atoms with Gasteiger partial charge in [-0.05, 0) is 36.7 Å². The molecule has 0 atom stereocenters. The average molecular weight is 285 g/mol. The maximum Gasteiger partial charge on any atom is 0.193 e. The van der Waals surface area contributed by atoms with Crippen molar-refractivity contribution in [1.29, 1.82) is 0 Å². The van der Waals surface area contributed by atoms with E-state index in [0.29, 0.717) is 5.41 Å². The third kappa shape index (κ3) is 3.39. The van der Waals surface area contributed by atoms with Gasteiger partial charge in [-0.1, -0.05) is 43.2 Å². The van der Waals surface area contributed by atoms with E-state index in [1.54, 1.807) is 0 Å². The minimum absolute atomic E-state index is 0.608. The fraction of sp³-hybridized carbons (Fsp3) is 0.611. The van der Waals surface area contributed by atoms with Crippen molar-refractivity contribution in [2.45, 2.75) is 38.5 Å². The van der Waals surface area contributed by atoms with Crippen LogP contribution in [-0.2, 0) is 6.42 Å². The fourth-order valence-electron chi connectivity index (χ4n) is 3.94. The van der Waals surface area contributed by atoms with E-state index in [-0.39, 0.29) is 0 Å². The molecule has 3 rings (SSSR count). The predicted octanol–water partition coefficient (Wildman–Crippen LogP) is 3.07. The molecule has 2 fully saturated rings. The van der Waals surface area contributed by atoms with Crippen LogP contribution in [0.1, 0.15) is 37.7 Å². The molecule has 2 aliphatic rings. The van der Waals surface area contributed by atoms with E-state index in [2.05, 4.69) is 45.5 Å². The Balaban J connectivity index is 1.50. The molecule has 0 radical (unpaired) electrons. The number of guanidine groups is 1. The summed E-state index contributed by atoms with van der Waals surface area (Å²) >= 11 is 0. The van der Waals surface area contributed by atoms with E-state index >= 15 is 0 Å². The molecule has 0 unspecified atom stereocenters. The molecule has 1 heterocycles. The summed E-state index contributed by atoms with van der Waals surface area (Å²) in [4.78, 5) is 6.96. The van der Waals surface area contributed by atoms with Crippen molar-refractivity contribution in [2.24, 2.45) is 10.4 Å². The van der Waals surface area contributed by atoms with Gasteiger partial charge in [0.2, 0.25) is 0 Å². The number of hydrogen-bond donors (Lipinski definition) is 1. The van der Waals surface area contributed by atoms with Crippen LogP contribution in [0.2, 0.25) is 0 Å². The van der Waals surface area contributed by atoms with E-state index in [0.717, 1.165) is 18.9 Å². The maximum absolute atomic E-state index is 4.49. The third-order valence-corrected chi connectivity index (χ3v) is 5.15. The van der Waals surface area contributed by atoms with Gasteiger partial charge < -0.3 is 10.2 Å². The molecule has 1 aliphatic heterocycles. The monoisotopic (exact) mass is 285 g/mol. The van der Waals surface area contributed by atoms with Crippen LogP contribution in [0.5, 0.6) is 0 Å². The second-order valence-electron chi connectivity index (χ2n) is 6.59. The number of hydrogen-bond acceptors (Lipinski definition) is 1. The SMILES string of the molecule is CN=C(NCCc1ccccc1)N1CCC2(CCCC2)C1. The van der Waals surface area contributed by atoms with Gasteiger partial charge in [-0.15, -0.1) is 0 Å². The smallest absolute Gasteiger partial charge is 0.193 e. The van der Waals surface area contributed by atoms with Crippen LogP contribution < -0.4 is 5.32 Å². The highest BCUT2D eigenvalue weighted by Gasteiger charge is 2.40. The van der Waals surface area contributed by atoms with Crippen molar-refractivity contribution in [2.75, 3.05) is 26.7 Å². The van der Waals surface area contributed by atoms with Crippen molar-refractivity contribution in [1.82, 2.24) is 10.2 Å². The molecule has 0 amide bonds. The Morgan fingerprint density at radius 2 is 1.95 bits per heavy atom. The van der Waals surface area contributed by atoms with Crippen molar-refractivity contribution in [3.8, 4) is 0 Å². The first kappa shape index (κ1) is 14.4. The van der Waals surface area contributed by atoms with Crippen molar-refractivity contribution < 1.29 is 0 Å². The molecule has 1 aromatic rings. The highest BCUT2D eigenvalue weighted by molar-refractivity contribution is 5.80. The lowest BCUT2D eigenvalue weighted by Gasteiger charge is -2.25. The highest BCUT2D eigenvalue weighted by atomic mass is 15.3. The average Bonchev–Trinajstić information content (AvgIpc) is 3.15. The van der Waals surface area contributed by atoms with Gasteiger partial charge in [-0.25, -0.2) is 0 Å². The molecule has 0 bridgehead atoms. The number of aliphatic imine (C=N–C) groups is 1. The number of likely N-dealkylation sites (tertiary alicyclic amines) is 1. The molecule has 1 aliphatic carbocycles. The number of benzene rings is 1. The lowest BCUT2D eigenvalue weighted by atomic mass is 9.86. The van der Waals surface area contributed by atoms with Crippen LogP contribution in [0, 0.1) is 5.41 Å². The van der Waals surface area contributed by atoms with E-state index in [9.17, 15) is 0 Å². The van der Waals surface area contributed by atoms with Crippen LogP contribution in [0.3, 0.4) is 0 Å². The zero-order valence-electron chi connectivity index (χ0n) is 13.1. The van der Waals surface area contributed by atoms with Gasteiger partial charge in [0.1, 0.15) is 0 Å². The van der Waals surface area contributed by atoms with Crippen molar-refractivity contribution >= 4 is 5.96 Å². The Morgan fingerprint density at radius 1 is 1.19 bits per heavy atom. The van der Waals surface area contributed by atoms with Gasteiger partial charge in [-0.2, -0.15) is 0 Å². The lowest BCUT2D eigenvalue weighted by Crippen LogP contribution is -2.41. The maximum atomic E-state index is 4.49. The summed E-state index contributed by atoms with van der Waals surface area (Å²) in [5.41, 5.74) is 1.99. The van der Waals surface area contributed by atoms with Crippen LogP contribution in [0.25, 0.3) is 0 Å². The Morgan fingerprint density at radius 3 is 2.67 bits per heavy atom. The summed E-state index contributed by atoms with van der Waals surface area (Å²) < 4.78 is 0. The standard InChI is InChI=1S/C18H27N3/c1-19-17(20-13-9-16-7-3-2-4-8-16)21-14-12-18(15-21)10-5-6-11-18/h2-4,7-8H,5-6,9-15H2,1H3,(H,19,20). The summed E-state index contributed by atoms with van der Waals surface area (Å²) in [6.45, 7) is 3.34. The second-order valence-corrected chi connectivity index (χ2v) is 6.59. The van der Waals surface area contributed by atoms with E-state index in [1.165, 1.54) is 50.8 Å². The highest BCUT2D eigenvalue weighted by Crippen LogP contribution is 2.45. The second kappa shape index (κ2) is 6.50. The van der Waals surface area contributed by atoms with Gasteiger partial charge in [0, 0.05) is 26.7 Å². The fourth-order valence-corrected chi connectivity index (χ4v) is 3.94. The molecule has 0 aromatic heterocycles. The zero-order chi connectivity index (χ0) is 14.5. The Bertz CT molecular complexity index is 474. The van der Waals surface area contributed by atoms with E-state index in [4.69, 9.17) is 0 Å². The first-order valence-corrected chi connectivity index (χ1v) is 8.31. The molecule has 1 aromatic carbocycles. The van der Waals surface area contributed by atoms with Gasteiger partial charge in [0.05, 0.1) is 0 Å². The normalized spacial score (nSPS) is 21.2. The Hall–Kier alpha value is -1.51. The predicted molar refractivity (Wildman–Crippen MR) is 88.6 cm³/mol. The first-order valence-electron chi connectivity index (χ1n) is 8.31. The van der Waals surface area contributed by atoms with Crippen LogP contribution >= 0.6 is 0 Å². The largest absolute Gasteiger partial charge is 0.356 e. The van der Waals surface area contributed by atoms with Gasteiger partial charge >= 0.3 is 0 Å². The summed E-state index contributed by atoms with van der Waals surface area (Å²) in [6, 6.07) is 10.7. The van der Waals surface area contributed by atoms with Gasteiger partial charge in [-0.3, -0.25) is 4.99 Å². The number of nitrogens with one attached hydrogen (secondary N) is 1. The molecule has 1 N–H and O–H groups in total. The third-order valence-electron chi connectivity index (χ3n) is 5.15. The van der Waals surface area contributed by atoms with Crippen LogP contribution in [-0.4, -0.2) is 37.5 Å². The first-order chi connectivity index (χ1) is 10.3. The Kier molecular flexibility index (Phi) is 4.47. The van der Waals surface area contributed by atoms with E-state index < -0.39 is 0 Å². The minimum Gasteiger partial charge on any atom is -0.356 e. The molecule has 1 saturated carbocycles. The van der Waals surface area contributed by atoms with Gasteiger partial charge in [0.25, 0.3) is 0 Å². The summed E-state index contributed by atoms with van der Waals surface area (Å²) in [5, 5.41) is 3.54. The molecule has 114 valence electrons. The molecule has 21 heavy (non-hydrogen) atoms. The summed E-state index contributed by atoms with van der Waals surface area (Å²) in [7, 11) is 1.91.